The number of carbonyl (C=O) groups excluding carboxylic acids is 2. The summed E-state index contributed by atoms with van der Waals surface area (Å²) in [4.78, 5) is 29.1. The van der Waals surface area contributed by atoms with Crippen molar-refractivity contribution in [2.24, 2.45) is 0 Å². The Hall–Kier alpha value is -1.50. The van der Waals surface area contributed by atoms with E-state index >= 15 is 0 Å². The molecule has 1 aromatic rings. The molecule has 8 heteroatoms. The van der Waals surface area contributed by atoms with Gasteiger partial charge in [0, 0.05) is 44.2 Å². The van der Waals surface area contributed by atoms with Crippen LogP contribution in [0.3, 0.4) is 0 Å². The maximum Gasteiger partial charge on any atom is 0.254 e. The van der Waals surface area contributed by atoms with Gasteiger partial charge in [0.2, 0.25) is 5.91 Å². The van der Waals surface area contributed by atoms with Gasteiger partial charge < -0.3 is 20.4 Å². The third kappa shape index (κ3) is 3.77. The molecule has 3 aliphatic rings. The van der Waals surface area contributed by atoms with Crippen LogP contribution < -0.4 is 15.5 Å². The smallest absolute Gasteiger partial charge is 0.254 e. The monoisotopic (exact) mass is 400 g/mol. The summed E-state index contributed by atoms with van der Waals surface area (Å²) in [5.74, 6) is 0.0967. The number of anilines is 2. The van der Waals surface area contributed by atoms with Crippen LogP contribution in [0.15, 0.2) is 18.2 Å². The van der Waals surface area contributed by atoms with E-state index in [9.17, 15) is 9.59 Å². The fraction of sp³-hybridized carbons (Fsp3) is 0.556. The average molecular weight is 401 g/mol. The zero-order valence-corrected chi connectivity index (χ0v) is 16.5. The molecule has 2 unspecified atom stereocenters. The summed E-state index contributed by atoms with van der Waals surface area (Å²) in [6, 6.07) is 6.32. The largest absolute Gasteiger partial charge is 0.372 e. The van der Waals surface area contributed by atoms with Gasteiger partial charge >= 0.3 is 0 Å². The first-order valence-corrected chi connectivity index (χ1v) is 8.82. The van der Waals surface area contributed by atoms with Crippen LogP contribution >= 0.6 is 24.8 Å². The van der Waals surface area contributed by atoms with Crippen molar-refractivity contribution < 1.29 is 9.59 Å². The highest BCUT2D eigenvalue weighted by molar-refractivity contribution is 6.01. The van der Waals surface area contributed by atoms with E-state index in [4.69, 9.17) is 0 Å². The molecule has 0 spiro atoms. The van der Waals surface area contributed by atoms with Gasteiger partial charge in [0.1, 0.15) is 0 Å². The molecule has 6 nitrogen and oxygen atoms in total. The third-order valence-electron chi connectivity index (χ3n) is 5.49. The Morgan fingerprint density at radius 2 is 1.92 bits per heavy atom. The Bertz CT molecular complexity index is 671. The van der Waals surface area contributed by atoms with E-state index < -0.39 is 0 Å². The Kier molecular flexibility index (Phi) is 6.77. The molecule has 0 saturated carbocycles. The first-order valence-electron chi connectivity index (χ1n) is 8.82. The predicted octanol–water partition coefficient (Wildman–Crippen LogP) is 2.28. The minimum atomic E-state index is 0. The molecule has 3 aliphatic heterocycles. The number of amides is 2. The van der Waals surface area contributed by atoms with Gasteiger partial charge in [-0.25, -0.2) is 0 Å². The molecule has 144 valence electrons. The van der Waals surface area contributed by atoms with E-state index in [2.05, 4.69) is 20.4 Å². The van der Waals surface area contributed by atoms with Gasteiger partial charge in [-0.1, -0.05) is 0 Å². The van der Waals surface area contributed by atoms with E-state index in [-0.39, 0.29) is 36.6 Å². The lowest BCUT2D eigenvalue weighted by atomic mass is 10.1. The first-order chi connectivity index (χ1) is 11.6. The number of carbonyl (C=O) groups is 2. The van der Waals surface area contributed by atoms with Crippen molar-refractivity contribution in [3.05, 3.63) is 23.8 Å². The van der Waals surface area contributed by atoms with Crippen LogP contribution in [0.5, 0.6) is 0 Å². The number of halogens is 2. The van der Waals surface area contributed by atoms with E-state index in [0.29, 0.717) is 30.6 Å². The van der Waals surface area contributed by atoms with Gasteiger partial charge in [-0.05, 0) is 44.0 Å². The van der Waals surface area contributed by atoms with Crippen molar-refractivity contribution in [3.63, 3.8) is 0 Å². The second-order valence-corrected chi connectivity index (χ2v) is 7.04. The summed E-state index contributed by atoms with van der Waals surface area (Å²) >= 11 is 0. The molecule has 26 heavy (non-hydrogen) atoms. The molecule has 0 aliphatic carbocycles. The second-order valence-electron chi connectivity index (χ2n) is 7.04. The van der Waals surface area contributed by atoms with Crippen molar-refractivity contribution in [1.82, 2.24) is 10.2 Å². The standard InChI is InChI=1S/C18H24N4O2.2ClH/c1-21-9-7-17(23)20-15-10-12(2-5-16(15)21)18(24)22-13-3-4-14(22)11-19-8-6-13;;/h2,5,10,13-14,19H,3-4,6-9,11H2,1H3,(H,20,23);2*1H. The highest BCUT2D eigenvalue weighted by atomic mass is 35.5. The SMILES string of the molecule is CN1CCC(=O)Nc2cc(C(=O)N3C4CCNCC3CC4)ccc21.Cl.Cl. The number of hydrogen-bond acceptors (Lipinski definition) is 4. The molecule has 1 aromatic carbocycles. The molecule has 2 amide bonds. The van der Waals surface area contributed by atoms with E-state index in [0.717, 1.165) is 43.7 Å². The van der Waals surface area contributed by atoms with Crippen molar-refractivity contribution in [3.8, 4) is 0 Å². The molecule has 4 rings (SSSR count). The Morgan fingerprint density at radius 1 is 1.15 bits per heavy atom. The normalized spacial score (nSPS) is 24.4. The van der Waals surface area contributed by atoms with Crippen LogP contribution in [0.25, 0.3) is 0 Å². The number of nitrogens with zero attached hydrogens (tertiary/aromatic N) is 2. The molecule has 0 radical (unpaired) electrons. The van der Waals surface area contributed by atoms with Crippen LogP contribution in [-0.4, -0.2) is 55.5 Å². The molecule has 0 aromatic heterocycles. The van der Waals surface area contributed by atoms with Crippen LogP contribution in [0, 0.1) is 0 Å². The van der Waals surface area contributed by atoms with Crippen molar-refractivity contribution in [2.75, 3.05) is 36.9 Å². The summed E-state index contributed by atoms with van der Waals surface area (Å²) in [5.41, 5.74) is 2.38. The quantitative estimate of drug-likeness (QED) is 0.758. The second kappa shape index (κ2) is 8.46. The summed E-state index contributed by atoms with van der Waals surface area (Å²) < 4.78 is 0. The number of benzene rings is 1. The van der Waals surface area contributed by atoms with Crippen LogP contribution in [0.1, 0.15) is 36.0 Å². The van der Waals surface area contributed by atoms with E-state index in [1.54, 1.807) is 0 Å². The summed E-state index contributed by atoms with van der Waals surface area (Å²) in [5, 5.41) is 6.36. The van der Waals surface area contributed by atoms with Crippen LogP contribution in [-0.2, 0) is 4.79 Å². The Morgan fingerprint density at radius 3 is 2.73 bits per heavy atom. The summed E-state index contributed by atoms with van der Waals surface area (Å²) in [6.45, 7) is 2.55. The zero-order chi connectivity index (χ0) is 16.7. The minimum Gasteiger partial charge on any atom is -0.372 e. The average Bonchev–Trinajstić information content (AvgIpc) is 2.75. The highest BCUT2D eigenvalue weighted by Gasteiger charge is 2.38. The van der Waals surface area contributed by atoms with Gasteiger partial charge in [-0.2, -0.15) is 0 Å². The van der Waals surface area contributed by atoms with Crippen LogP contribution in [0.4, 0.5) is 11.4 Å². The van der Waals surface area contributed by atoms with Gasteiger partial charge in [0.25, 0.3) is 5.91 Å². The Labute approximate surface area is 166 Å². The number of hydrogen-bond donors (Lipinski definition) is 2. The fourth-order valence-electron chi connectivity index (χ4n) is 4.17. The lowest BCUT2D eigenvalue weighted by Crippen LogP contribution is -2.42. The Balaban J connectivity index is 0.00000121. The maximum atomic E-state index is 13.1. The topological polar surface area (TPSA) is 64.7 Å². The summed E-state index contributed by atoms with van der Waals surface area (Å²) in [6.07, 6.45) is 3.67. The molecular formula is C18H26Cl2N4O2. The lowest BCUT2D eigenvalue weighted by molar-refractivity contribution is -0.115. The first kappa shape index (κ1) is 20.8. The van der Waals surface area contributed by atoms with Crippen molar-refractivity contribution >= 4 is 48.0 Å². The molecule has 2 fully saturated rings. The number of fused-ring (bicyclic) bond motifs is 3. The van der Waals surface area contributed by atoms with Crippen LogP contribution in [0.2, 0.25) is 0 Å². The van der Waals surface area contributed by atoms with E-state index in [1.807, 2.05) is 25.2 Å². The molecule has 2 N–H and O–H groups in total. The molecule has 3 heterocycles. The number of rotatable bonds is 1. The lowest BCUT2D eigenvalue weighted by Gasteiger charge is -2.28. The molecule has 2 atom stereocenters. The molecular weight excluding hydrogens is 375 g/mol. The van der Waals surface area contributed by atoms with Crippen molar-refractivity contribution in [1.29, 1.82) is 0 Å². The van der Waals surface area contributed by atoms with Crippen molar-refractivity contribution in [2.45, 2.75) is 37.8 Å². The van der Waals surface area contributed by atoms with Gasteiger partial charge in [-0.15, -0.1) is 24.8 Å². The highest BCUT2D eigenvalue weighted by Crippen LogP contribution is 2.33. The summed E-state index contributed by atoms with van der Waals surface area (Å²) in [7, 11) is 1.97. The van der Waals surface area contributed by atoms with Gasteiger partial charge in [0.15, 0.2) is 0 Å². The van der Waals surface area contributed by atoms with Gasteiger partial charge in [-0.3, -0.25) is 9.59 Å². The van der Waals surface area contributed by atoms with Gasteiger partial charge in [0.05, 0.1) is 11.4 Å². The van der Waals surface area contributed by atoms with E-state index in [1.165, 1.54) is 0 Å². The maximum absolute atomic E-state index is 13.1. The molecule has 2 bridgehead atoms. The third-order valence-corrected chi connectivity index (χ3v) is 5.49. The molecule has 2 saturated heterocycles. The predicted molar refractivity (Wildman–Crippen MR) is 108 cm³/mol. The minimum absolute atomic E-state index is 0. The zero-order valence-electron chi connectivity index (χ0n) is 14.9. The fourth-order valence-corrected chi connectivity index (χ4v) is 4.17. The number of nitrogens with one attached hydrogen (secondary N) is 2.